The molecule has 0 heterocycles. The van der Waals surface area contributed by atoms with Crippen LogP contribution < -0.4 is 4.72 Å². The lowest BCUT2D eigenvalue weighted by Gasteiger charge is -2.15. The largest absolute Gasteiger partial charge is 0.302 e. The van der Waals surface area contributed by atoms with Crippen molar-refractivity contribution in [3.05, 3.63) is 0 Å². The molecular formula is C9H19ClN2O2S. The van der Waals surface area contributed by atoms with Crippen LogP contribution in [0.15, 0.2) is 0 Å². The highest BCUT2D eigenvalue weighted by Gasteiger charge is 2.25. The number of likely N-dealkylation sites (N-methyl/N-ethyl adjacent to an activating group) is 1. The van der Waals surface area contributed by atoms with Crippen molar-refractivity contribution in [2.24, 2.45) is 0 Å². The van der Waals surface area contributed by atoms with Gasteiger partial charge in [0.15, 0.2) is 0 Å². The van der Waals surface area contributed by atoms with Crippen molar-refractivity contribution >= 4 is 21.6 Å². The van der Waals surface area contributed by atoms with Gasteiger partial charge in [0.2, 0.25) is 10.0 Å². The van der Waals surface area contributed by atoms with E-state index in [0.29, 0.717) is 24.9 Å². The van der Waals surface area contributed by atoms with Gasteiger partial charge in [-0.2, -0.15) is 0 Å². The summed E-state index contributed by atoms with van der Waals surface area (Å²) >= 11 is 5.44. The van der Waals surface area contributed by atoms with Crippen LogP contribution in [0, 0.1) is 0 Å². The molecular weight excluding hydrogens is 236 g/mol. The first-order chi connectivity index (χ1) is 7.05. The molecule has 0 spiro atoms. The number of halogens is 1. The van der Waals surface area contributed by atoms with Crippen molar-refractivity contribution in [3.63, 3.8) is 0 Å². The van der Waals surface area contributed by atoms with Gasteiger partial charge in [0, 0.05) is 25.0 Å². The van der Waals surface area contributed by atoms with Crippen LogP contribution in [-0.2, 0) is 10.0 Å². The lowest BCUT2D eigenvalue weighted by Crippen LogP contribution is -2.35. The van der Waals surface area contributed by atoms with Crippen molar-refractivity contribution < 1.29 is 8.42 Å². The van der Waals surface area contributed by atoms with Crippen LogP contribution in [0.25, 0.3) is 0 Å². The molecule has 1 saturated carbocycles. The zero-order chi connectivity index (χ0) is 11.3. The van der Waals surface area contributed by atoms with Gasteiger partial charge in [-0.15, -0.1) is 11.6 Å². The lowest BCUT2D eigenvalue weighted by atomic mass is 10.5. The fourth-order valence-corrected chi connectivity index (χ4v) is 2.76. The van der Waals surface area contributed by atoms with Crippen LogP contribution in [0.2, 0.25) is 0 Å². The average Bonchev–Trinajstić information content (AvgIpc) is 2.97. The van der Waals surface area contributed by atoms with Gasteiger partial charge in [-0.05, 0) is 26.3 Å². The predicted octanol–water partition coefficient (Wildman–Crippen LogP) is 0.629. The number of alkyl halides is 1. The highest BCUT2D eigenvalue weighted by atomic mass is 35.5. The second kappa shape index (κ2) is 6.03. The van der Waals surface area contributed by atoms with Crippen molar-refractivity contribution in [1.82, 2.24) is 9.62 Å². The minimum absolute atomic E-state index is 0.129. The van der Waals surface area contributed by atoms with Crippen LogP contribution in [0.5, 0.6) is 0 Å². The third kappa shape index (κ3) is 5.70. The summed E-state index contributed by atoms with van der Waals surface area (Å²) in [5, 5.41) is 0. The summed E-state index contributed by atoms with van der Waals surface area (Å²) in [6.07, 6.45) is 3.00. The molecule has 1 N–H and O–H groups in total. The highest BCUT2D eigenvalue weighted by molar-refractivity contribution is 7.89. The first kappa shape index (κ1) is 13.2. The van der Waals surface area contributed by atoms with Crippen LogP contribution in [0.4, 0.5) is 0 Å². The summed E-state index contributed by atoms with van der Waals surface area (Å²) in [5.74, 6) is 0.520. The van der Waals surface area contributed by atoms with Crippen molar-refractivity contribution in [1.29, 1.82) is 0 Å². The molecule has 1 aliphatic carbocycles. The Kier molecular flexibility index (Phi) is 5.32. The Morgan fingerprint density at radius 1 is 1.47 bits per heavy atom. The number of rotatable bonds is 8. The predicted molar refractivity (Wildman–Crippen MR) is 62.8 cm³/mol. The van der Waals surface area contributed by atoms with Crippen LogP contribution >= 0.6 is 11.6 Å². The summed E-state index contributed by atoms with van der Waals surface area (Å²) < 4.78 is 25.3. The molecule has 0 atom stereocenters. The fraction of sp³-hybridized carbons (Fsp3) is 1.00. The van der Waals surface area contributed by atoms with E-state index >= 15 is 0 Å². The quantitative estimate of drug-likeness (QED) is 0.647. The molecule has 1 rings (SSSR count). The Labute approximate surface area is 97.0 Å². The molecule has 15 heavy (non-hydrogen) atoms. The molecule has 0 radical (unpaired) electrons. The van der Waals surface area contributed by atoms with Crippen molar-refractivity contribution in [2.45, 2.75) is 25.3 Å². The van der Waals surface area contributed by atoms with Gasteiger partial charge >= 0.3 is 0 Å². The average molecular weight is 255 g/mol. The van der Waals surface area contributed by atoms with Gasteiger partial charge in [-0.3, -0.25) is 0 Å². The first-order valence-corrected chi connectivity index (χ1v) is 7.47. The van der Waals surface area contributed by atoms with Gasteiger partial charge in [-0.1, -0.05) is 0 Å². The van der Waals surface area contributed by atoms with Gasteiger partial charge in [0.1, 0.15) is 0 Å². The van der Waals surface area contributed by atoms with E-state index in [1.807, 2.05) is 7.05 Å². The SMILES string of the molecule is CN(CCNS(=O)(=O)CCCCl)C1CC1. The molecule has 1 aliphatic rings. The molecule has 90 valence electrons. The minimum atomic E-state index is -3.11. The van der Waals surface area contributed by atoms with E-state index in [4.69, 9.17) is 11.6 Å². The standard InChI is InChI=1S/C9H19ClN2O2S/c1-12(9-3-4-9)7-6-11-15(13,14)8-2-5-10/h9,11H,2-8H2,1H3. The Morgan fingerprint density at radius 3 is 2.67 bits per heavy atom. The van der Waals surface area contributed by atoms with Gasteiger partial charge in [-0.25, -0.2) is 13.1 Å². The molecule has 0 aromatic rings. The topological polar surface area (TPSA) is 49.4 Å². The third-order valence-electron chi connectivity index (χ3n) is 2.50. The van der Waals surface area contributed by atoms with E-state index in [2.05, 4.69) is 9.62 Å². The van der Waals surface area contributed by atoms with Gasteiger partial charge < -0.3 is 4.90 Å². The highest BCUT2D eigenvalue weighted by Crippen LogP contribution is 2.24. The maximum atomic E-state index is 11.4. The lowest BCUT2D eigenvalue weighted by molar-refractivity contribution is 0.329. The summed E-state index contributed by atoms with van der Waals surface area (Å²) in [6.45, 7) is 1.28. The normalized spacial score (nSPS) is 17.3. The molecule has 0 aromatic heterocycles. The molecule has 0 aromatic carbocycles. The van der Waals surface area contributed by atoms with Crippen molar-refractivity contribution in [3.8, 4) is 0 Å². The zero-order valence-corrected chi connectivity index (χ0v) is 10.6. The van der Waals surface area contributed by atoms with Crippen LogP contribution in [-0.4, -0.2) is 51.1 Å². The Bertz CT molecular complexity index is 278. The van der Waals surface area contributed by atoms with E-state index in [-0.39, 0.29) is 5.75 Å². The third-order valence-corrected chi connectivity index (χ3v) is 4.24. The summed E-state index contributed by atoms with van der Waals surface area (Å²) in [4.78, 5) is 2.20. The minimum Gasteiger partial charge on any atom is -0.302 e. The van der Waals surface area contributed by atoms with E-state index in [1.165, 1.54) is 12.8 Å². The molecule has 6 heteroatoms. The zero-order valence-electron chi connectivity index (χ0n) is 9.08. The van der Waals surface area contributed by atoms with E-state index in [9.17, 15) is 8.42 Å². The molecule has 4 nitrogen and oxygen atoms in total. The number of nitrogens with one attached hydrogen (secondary N) is 1. The maximum Gasteiger partial charge on any atom is 0.211 e. The van der Waals surface area contributed by atoms with E-state index in [1.54, 1.807) is 0 Å². The number of nitrogens with zero attached hydrogens (tertiary/aromatic N) is 1. The number of hydrogen-bond donors (Lipinski definition) is 1. The fourth-order valence-electron chi connectivity index (χ4n) is 1.39. The molecule has 0 saturated heterocycles. The van der Waals surface area contributed by atoms with E-state index in [0.717, 1.165) is 6.54 Å². The number of hydrogen-bond acceptors (Lipinski definition) is 3. The van der Waals surface area contributed by atoms with Crippen LogP contribution in [0.3, 0.4) is 0 Å². The van der Waals surface area contributed by atoms with Crippen molar-refractivity contribution in [2.75, 3.05) is 31.8 Å². The number of sulfonamides is 1. The second-order valence-corrected chi connectivity index (χ2v) is 6.27. The molecule has 0 unspecified atom stereocenters. The van der Waals surface area contributed by atoms with Gasteiger partial charge in [0.25, 0.3) is 0 Å². The molecule has 0 bridgehead atoms. The Hall–Kier alpha value is 0.160. The summed E-state index contributed by atoms with van der Waals surface area (Å²) in [7, 11) is -1.07. The Morgan fingerprint density at radius 2 is 2.13 bits per heavy atom. The van der Waals surface area contributed by atoms with Crippen LogP contribution in [0.1, 0.15) is 19.3 Å². The van der Waals surface area contributed by atoms with E-state index < -0.39 is 10.0 Å². The summed E-state index contributed by atoms with van der Waals surface area (Å²) in [5.41, 5.74) is 0. The van der Waals surface area contributed by atoms with Gasteiger partial charge in [0.05, 0.1) is 5.75 Å². The Balaban J connectivity index is 2.12. The summed E-state index contributed by atoms with van der Waals surface area (Å²) in [6, 6.07) is 0.678. The molecule has 0 amide bonds. The smallest absolute Gasteiger partial charge is 0.211 e. The second-order valence-electron chi connectivity index (χ2n) is 3.97. The first-order valence-electron chi connectivity index (χ1n) is 5.29. The molecule has 1 fully saturated rings. The monoisotopic (exact) mass is 254 g/mol. The molecule has 0 aliphatic heterocycles. The maximum absolute atomic E-state index is 11.4.